The molecular formula is C6H6ClIN2O. The molecule has 0 amide bonds. The van der Waals surface area contributed by atoms with Crippen molar-refractivity contribution in [2.75, 3.05) is 7.11 Å². The second kappa shape index (κ2) is 3.53. The average Bonchev–Trinajstić information content (AvgIpc) is 2.01. The van der Waals surface area contributed by atoms with Crippen LogP contribution in [0.1, 0.15) is 5.56 Å². The lowest BCUT2D eigenvalue weighted by atomic mass is 10.3. The molecule has 1 aromatic heterocycles. The van der Waals surface area contributed by atoms with Crippen LogP contribution in [0, 0.1) is 10.5 Å². The molecule has 0 fully saturated rings. The van der Waals surface area contributed by atoms with Crippen molar-refractivity contribution < 1.29 is 4.74 Å². The minimum Gasteiger partial charge on any atom is -0.479 e. The van der Waals surface area contributed by atoms with Gasteiger partial charge < -0.3 is 4.74 Å². The van der Waals surface area contributed by atoms with Gasteiger partial charge in [-0.15, -0.1) is 10.2 Å². The molecule has 0 aromatic carbocycles. The van der Waals surface area contributed by atoms with Gasteiger partial charge in [0.2, 0.25) is 5.88 Å². The summed E-state index contributed by atoms with van der Waals surface area (Å²) in [6.45, 7) is 1.88. The van der Waals surface area contributed by atoms with Gasteiger partial charge in [-0.2, -0.15) is 0 Å². The van der Waals surface area contributed by atoms with E-state index in [9.17, 15) is 0 Å². The number of aromatic nitrogens is 2. The summed E-state index contributed by atoms with van der Waals surface area (Å²) < 4.78 is 5.85. The van der Waals surface area contributed by atoms with Crippen molar-refractivity contribution in [3.05, 3.63) is 14.3 Å². The molecule has 0 spiro atoms. The van der Waals surface area contributed by atoms with Crippen molar-refractivity contribution >= 4 is 34.2 Å². The Morgan fingerprint density at radius 3 is 2.64 bits per heavy atom. The smallest absolute Gasteiger partial charge is 0.247 e. The van der Waals surface area contributed by atoms with Crippen molar-refractivity contribution in [2.45, 2.75) is 6.92 Å². The molecule has 1 heterocycles. The molecule has 0 aliphatic heterocycles. The monoisotopic (exact) mass is 284 g/mol. The van der Waals surface area contributed by atoms with Gasteiger partial charge in [0.1, 0.15) is 0 Å². The van der Waals surface area contributed by atoms with Crippen LogP contribution in [0.25, 0.3) is 0 Å². The van der Waals surface area contributed by atoms with Crippen LogP contribution < -0.4 is 4.74 Å². The Morgan fingerprint density at radius 2 is 2.09 bits per heavy atom. The Labute approximate surface area is 83.2 Å². The highest BCUT2D eigenvalue weighted by atomic mass is 127. The summed E-state index contributed by atoms with van der Waals surface area (Å²) in [4.78, 5) is 0. The van der Waals surface area contributed by atoms with Crippen LogP contribution in [-0.2, 0) is 0 Å². The largest absolute Gasteiger partial charge is 0.479 e. The number of hydrogen-bond acceptors (Lipinski definition) is 3. The van der Waals surface area contributed by atoms with E-state index in [4.69, 9.17) is 16.3 Å². The van der Waals surface area contributed by atoms with E-state index in [0.717, 1.165) is 9.13 Å². The van der Waals surface area contributed by atoms with Crippen molar-refractivity contribution in [1.82, 2.24) is 10.2 Å². The van der Waals surface area contributed by atoms with Gasteiger partial charge >= 0.3 is 0 Å². The molecular weight excluding hydrogens is 278 g/mol. The van der Waals surface area contributed by atoms with E-state index in [1.54, 1.807) is 7.11 Å². The Morgan fingerprint density at radius 1 is 1.45 bits per heavy atom. The predicted molar refractivity (Wildman–Crippen MR) is 51.0 cm³/mol. The molecule has 0 radical (unpaired) electrons. The molecule has 1 rings (SSSR count). The third kappa shape index (κ3) is 1.73. The summed E-state index contributed by atoms with van der Waals surface area (Å²) in [6, 6.07) is 0. The van der Waals surface area contributed by atoms with Crippen LogP contribution in [0.2, 0.25) is 5.15 Å². The van der Waals surface area contributed by atoms with Gasteiger partial charge in [0.25, 0.3) is 0 Å². The first-order chi connectivity index (χ1) is 5.16. The third-order valence-electron chi connectivity index (χ3n) is 1.25. The number of halogens is 2. The second-order valence-corrected chi connectivity index (χ2v) is 3.38. The van der Waals surface area contributed by atoms with E-state index in [2.05, 4.69) is 32.8 Å². The predicted octanol–water partition coefficient (Wildman–Crippen LogP) is 2.05. The van der Waals surface area contributed by atoms with Crippen LogP contribution in [0.3, 0.4) is 0 Å². The number of nitrogens with zero attached hydrogens (tertiary/aromatic N) is 2. The van der Waals surface area contributed by atoms with Crippen molar-refractivity contribution in [3.63, 3.8) is 0 Å². The fourth-order valence-electron chi connectivity index (χ4n) is 0.590. The Hall–Kier alpha value is -0.100. The fraction of sp³-hybridized carbons (Fsp3) is 0.333. The molecule has 1 aromatic rings. The summed E-state index contributed by atoms with van der Waals surface area (Å²) >= 11 is 7.83. The van der Waals surface area contributed by atoms with Gasteiger partial charge in [0, 0.05) is 5.56 Å². The lowest BCUT2D eigenvalue weighted by Crippen LogP contribution is -1.97. The van der Waals surface area contributed by atoms with Crippen LogP contribution >= 0.6 is 34.2 Å². The molecule has 0 saturated carbocycles. The highest BCUT2D eigenvalue weighted by Crippen LogP contribution is 2.24. The Bertz CT molecular complexity index is 280. The van der Waals surface area contributed by atoms with Gasteiger partial charge in [0.05, 0.1) is 10.7 Å². The normalized spacial score (nSPS) is 9.82. The van der Waals surface area contributed by atoms with Crippen LogP contribution in [0.15, 0.2) is 0 Å². The van der Waals surface area contributed by atoms with Gasteiger partial charge in [-0.05, 0) is 29.5 Å². The summed E-state index contributed by atoms with van der Waals surface area (Å²) in [6.07, 6.45) is 0. The highest BCUT2D eigenvalue weighted by Gasteiger charge is 2.08. The molecule has 0 N–H and O–H groups in total. The van der Waals surface area contributed by atoms with Gasteiger partial charge in [-0.1, -0.05) is 11.6 Å². The first kappa shape index (κ1) is 8.99. The molecule has 5 heteroatoms. The molecule has 3 nitrogen and oxygen atoms in total. The van der Waals surface area contributed by atoms with E-state index in [-0.39, 0.29) is 0 Å². The summed E-state index contributed by atoms with van der Waals surface area (Å²) in [7, 11) is 1.56. The van der Waals surface area contributed by atoms with Gasteiger partial charge in [-0.3, -0.25) is 0 Å². The Kier molecular flexibility index (Phi) is 2.89. The number of ether oxygens (including phenoxy) is 1. The zero-order valence-corrected chi connectivity index (χ0v) is 8.97. The first-order valence-electron chi connectivity index (χ1n) is 2.89. The zero-order chi connectivity index (χ0) is 8.43. The van der Waals surface area contributed by atoms with E-state index in [1.165, 1.54) is 0 Å². The van der Waals surface area contributed by atoms with Crippen LogP contribution in [-0.4, -0.2) is 17.3 Å². The number of hydrogen-bond donors (Lipinski definition) is 0. The van der Waals surface area contributed by atoms with E-state index < -0.39 is 0 Å². The first-order valence-corrected chi connectivity index (χ1v) is 4.34. The SMILES string of the molecule is COc1nnc(Cl)c(C)c1I. The number of rotatable bonds is 1. The molecule has 0 aliphatic rings. The Balaban J connectivity index is 3.25. The number of methoxy groups -OCH3 is 1. The molecule has 60 valence electrons. The van der Waals surface area contributed by atoms with E-state index >= 15 is 0 Å². The molecule has 0 atom stereocenters. The molecule has 0 aliphatic carbocycles. The van der Waals surface area contributed by atoms with Gasteiger partial charge in [-0.25, -0.2) is 0 Å². The third-order valence-corrected chi connectivity index (χ3v) is 2.88. The summed E-state index contributed by atoms with van der Waals surface area (Å²) in [5, 5.41) is 7.87. The molecule has 0 bridgehead atoms. The topological polar surface area (TPSA) is 35.0 Å². The molecule has 11 heavy (non-hydrogen) atoms. The van der Waals surface area contributed by atoms with Crippen LogP contribution in [0.4, 0.5) is 0 Å². The maximum atomic E-state index is 5.71. The average molecular weight is 284 g/mol. The van der Waals surface area contributed by atoms with Crippen molar-refractivity contribution in [2.24, 2.45) is 0 Å². The molecule has 0 saturated heterocycles. The summed E-state index contributed by atoms with van der Waals surface area (Å²) in [5.74, 6) is 0.521. The highest BCUT2D eigenvalue weighted by molar-refractivity contribution is 14.1. The van der Waals surface area contributed by atoms with E-state index in [0.29, 0.717) is 11.0 Å². The standard InChI is InChI=1S/C6H6ClIN2O/c1-3-4(8)6(11-2)10-9-5(3)7/h1-2H3. The second-order valence-electron chi connectivity index (χ2n) is 1.94. The minimum absolute atomic E-state index is 0.426. The maximum absolute atomic E-state index is 5.71. The van der Waals surface area contributed by atoms with Crippen molar-refractivity contribution in [3.8, 4) is 5.88 Å². The quantitative estimate of drug-likeness (QED) is 0.740. The lowest BCUT2D eigenvalue weighted by Gasteiger charge is -2.03. The summed E-state index contributed by atoms with van der Waals surface area (Å²) in [5.41, 5.74) is 0.902. The van der Waals surface area contributed by atoms with Crippen LogP contribution in [0.5, 0.6) is 5.88 Å². The van der Waals surface area contributed by atoms with Gasteiger partial charge in [0.15, 0.2) is 5.15 Å². The lowest BCUT2D eigenvalue weighted by molar-refractivity contribution is 0.388. The van der Waals surface area contributed by atoms with E-state index in [1.807, 2.05) is 6.92 Å². The zero-order valence-electron chi connectivity index (χ0n) is 6.06. The molecule has 0 unspecified atom stereocenters. The minimum atomic E-state index is 0.426. The van der Waals surface area contributed by atoms with Crippen molar-refractivity contribution in [1.29, 1.82) is 0 Å². The fourth-order valence-corrected chi connectivity index (χ4v) is 1.46. The maximum Gasteiger partial charge on any atom is 0.247 e.